The smallest absolute Gasteiger partial charge is 0.119 e. The van der Waals surface area contributed by atoms with Crippen molar-refractivity contribution in [2.24, 2.45) is 5.10 Å². The van der Waals surface area contributed by atoms with Crippen LogP contribution < -0.4 is 10.2 Å². The van der Waals surface area contributed by atoms with Crippen LogP contribution in [0.5, 0.6) is 5.75 Å². The number of halogens is 3. The van der Waals surface area contributed by atoms with Crippen molar-refractivity contribution in [1.29, 1.82) is 0 Å². The number of rotatable bonds is 7. The van der Waals surface area contributed by atoms with Crippen LogP contribution in [0.4, 0.5) is 0 Å². The molecule has 0 aliphatic carbocycles. The lowest BCUT2D eigenvalue weighted by molar-refractivity contribution is 0.306. The highest BCUT2D eigenvalue weighted by molar-refractivity contribution is 14.1. The van der Waals surface area contributed by atoms with Crippen molar-refractivity contribution in [2.75, 3.05) is 0 Å². The predicted octanol–water partition coefficient (Wildman–Crippen LogP) is 6.30. The van der Waals surface area contributed by atoms with Crippen LogP contribution in [0, 0.1) is 3.57 Å². The molecule has 0 saturated carbocycles. The molecule has 0 radical (unpaired) electrons. The zero-order valence-electron chi connectivity index (χ0n) is 14.3. The summed E-state index contributed by atoms with van der Waals surface area (Å²) in [5.41, 5.74) is 5.91. The van der Waals surface area contributed by atoms with Crippen molar-refractivity contribution >= 4 is 52.0 Å². The third kappa shape index (κ3) is 6.13. The second-order valence-electron chi connectivity index (χ2n) is 5.78. The Morgan fingerprint density at radius 2 is 1.59 bits per heavy atom. The molecule has 3 nitrogen and oxygen atoms in total. The van der Waals surface area contributed by atoms with E-state index in [1.165, 1.54) is 3.57 Å². The van der Waals surface area contributed by atoms with Gasteiger partial charge in [0.2, 0.25) is 0 Å². The highest BCUT2D eigenvalue weighted by atomic mass is 127. The van der Waals surface area contributed by atoms with Gasteiger partial charge >= 0.3 is 0 Å². The van der Waals surface area contributed by atoms with Crippen molar-refractivity contribution in [2.45, 2.75) is 13.2 Å². The zero-order chi connectivity index (χ0) is 19.1. The Bertz CT molecular complexity index is 892. The number of nitrogens with zero attached hydrogens (tertiary/aromatic N) is 1. The molecule has 6 heteroatoms. The molecule has 3 aromatic rings. The van der Waals surface area contributed by atoms with E-state index >= 15 is 0 Å². The zero-order valence-corrected chi connectivity index (χ0v) is 18.0. The fourth-order valence-electron chi connectivity index (χ4n) is 2.34. The van der Waals surface area contributed by atoms with Crippen LogP contribution in [0.25, 0.3) is 0 Å². The lowest BCUT2D eigenvalue weighted by Crippen LogP contribution is -2.06. The lowest BCUT2D eigenvalue weighted by Gasteiger charge is -2.07. The van der Waals surface area contributed by atoms with Crippen LogP contribution in [0.15, 0.2) is 71.8 Å². The molecule has 0 aromatic heterocycles. The van der Waals surface area contributed by atoms with Gasteiger partial charge in [-0.3, -0.25) is 0 Å². The number of benzene rings is 3. The van der Waals surface area contributed by atoms with Crippen LogP contribution in [-0.4, -0.2) is 6.21 Å². The molecular formula is C21H17Cl2IN2O. The van der Waals surface area contributed by atoms with E-state index in [9.17, 15) is 0 Å². The second-order valence-corrected chi connectivity index (χ2v) is 7.84. The summed E-state index contributed by atoms with van der Waals surface area (Å²) in [5, 5.41) is 5.47. The molecule has 0 spiro atoms. The standard InChI is InChI=1S/C21H17Cl2IN2O/c22-20-2-1-3-21(23)19(20)13-26-25-12-15-6-10-18(11-7-15)27-14-16-4-8-17(24)9-5-16/h1-12,26H,13-14H2/b25-12+. The Morgan fingerprint density at radius 3 is 2.26 bits per heavy atom. The molecule has 3 aromatic carbocycles. The first kappa shape index (κ1) is 20.0. The molecule has 138 valence electrons. The Kier molecular flexibility index (Phi) is 7.38. The minimum atomic E-state index is 0.464. The Balaban J connectivity index is 1.50. The molecule has 0 saturated heterocycles. The van der Waals surface area contributed by atoms with Gasteiger partial charge in [-0.05, 0) is 82.2 Å². The van der Waals surface area contributed by atoms with Gasteiger partial charge in [0, 0.05) is 19.2 Å². The average Bonchev–Trinajstić information content (AvgIpc) is 2.67. The van der Waals surface area contributed by atoms with E-state index in [4.69, 9.17) is 27.9 Å². The summed E-state index contributed by atoms with van der Waals surface area (Å²) in [6, 6.07) is 21.5. The summed E-state index contributed by atoms with van der Waals surface area (Å²) >= 11 is 14.6. The largest absolute Gasteiger partial charge is 0.489 e. The molecule has 0 aliphatic rings. The number of hydrazone groups is 1. The highest BCUT2D eigenvalue weighted by Gasteiger charge is 2.03. The molecule has 27 heavy (non-hydrogen) atoms. The quantitative estimate of drug-likeness (QED) is 0.230. The maximum absolute atomic E-state index is 6.13. The van der Waals surface area contributed by atoms with Gasteiger partial charge in [-0.25, -0.2) is 0 Å². The monoisotopic (exact) mass is 510 g/mol. The van der Waals surface area contributed by atoms with E-state index in [1.807, 2.05) is 42.5 Å². The van der Waals surface area contributed by atoms with Gasteiger partial charge in [0.05, 0.1) is 12.8 Å². The van der Waals surface area contributed by atoms with E-state index in [0.29, 0.717) is 23.2 Å². The van der Waals surface area contributed by atoms with Gasteiger partial charge in [-0.1, -0.05) is 41.4 Å². The van der Waals surface area contributed by atoms with E-state index in [1.54, 1.807) is 6.21 Å². The summed E-state index contributed by atoms with van der Waals surface area (Å²) < 4.78 is 7.02. The second kappa shape index (κ2) is 9.97. The molecule has 3 rings (SSSR count). The maximum atomic E-state index is 6.13. The van der Waals surface area contributed by atoms with E-state index in [2.05, 4.69) is 57.4 Å². The fraction of sp³-hybridized carbons (Fsp3) is 0.0952. The van der Waals surface area contributed by atoms with Crippen LogP contribution in [0.3, 0.4) is 0 Å². The molecule has 0 unspecified atom stereocenters. The van der Waals surface area contributed by atoms with Crippen molar-refractivity contribution < 1.29 is 4.74 Å². The van der Waals surface area contributed by atoms with Crippen molar-refractivity contribution in [3.8, 4) is 5.75 Å². The van der Waals surface area contributed by atoms with Gasteiger partial charge in [0.1, 0.15) is 12.4 Å². The summed E-state index contributed by atoms with van der Waals surface area (Å²) in [7, 11) is 0. The van der Waals surface area contributed by atoms with Crippen LogP contribution in [0.1, 0.15) is 16.7 Å². The Hall–Kier alpha value is -1.76. The van der Waals surface area contributed by atoms with Crippen LogP contribution in [-0.2, 0) is 13.2 Å². The normalized spacial score (nSPS) is 10.9. The van der Waals surface area contributed by atoms with Crippen molar-refractivity contribution in [1.82, 2.24) is 5.43 Å². The van der Waals surface area contributed by atoms with Crippen LogP contribution in [0.2, 0.25) is 10.0 Å². The molecule has 0 aliphatic heterocycles. The van der Waals surface area contributed by atoms with Crippen molar-refractivity contribution in [3.05, 3.63) is 97.0 Å². The van der Waals surface area contributed by atoms with Gasteiger partial charge in [-0.2, -0.15) is 5.10 Å². The lowest BCUT2D eigenvalue weighted by atomic mass is 10.2. The van der Waals surface area contributed by atoms with Gasteiger partial charge in [-0.15, -0.1) is 0 Å². The Morgan fingerprint density at radius 1 is 0.926 bits per heavy atom. The fourth-order valence-corrected chi connectivity index (χ4v) is 3.23. The summed E-state index contributed by atoms with van der Waals surface area (Å²) in [4.78, 5) is 0. The first-order chi connectivity index (χ1) is 13.1. The minimum Gasteiger partial charge on any atom is -0.489 e. The molecule has 0 atom stereocenters. The molecular weight excluding hydrogens is 494 g/mol. The van der Waals surface area contributed by atoms with E-state index < -0.39 is 0 Å². The predicted molar refractivity (Wildman–Crippen MR) is 121 cm³/mol. The first-order valence-corrected chi connectivity index (χ1v) is 10.1. The van der Waals surface area contributed by atoms with Crippen molar-refractivity contribution in [3.63, 3.8) is 0 Å². The van der Waals surface area contributed by atoms with Gasteiger partial charge in [0.25, 0.3) is 0 Å². The topological polar surface area (TPSA) is 33.6 Å². The number of hydrogen-bond donors (Lipinski definition) is 1. The molecule has 1 N–H and O–H groups in total. The minimum absolute atomic E-state index is 0.464. The Labute approximate surface area is 182 Å². The summed E-state index contributed by atoms with van der Waals surface area (Å²) in [5.74, 6) is 0.821. The van der Waals surface area contributed by atoms with E-state index in [0.717, 1.165) is 22.4 Å². The van der Waals surface area contributed by atoms with Crippen LogP contribution >= 0.6 is 45.8 Å². The molecule has 0 fully saturated rings. The summed E-state index contributed by atoms with van der Waals surface area (Å²) in [6.45, 7) is 1.01. The van der Waals surface area contributed by atoms with Gasteiger partial charge in [0.15, 0.2) is 0 Å². The molecule has 0 heterocycles. The third-order valence-corrected chi connectivity index (χ3v) is 5.25. The SMILES string of the molecule is Clc1cccc(Cl)c1CN/N=C/c1ccc(OCc2ccc(I)cc2)cc1. The van der Waals surface area contributed by atoms with Gasteiger partial charge < -0.3 is 10.2 Å². The third-order valence-electron chi connectivity index (χ3n) is 3.82. The highest BCUT2D eigenvalue weighted by Crippen LogP contribution is 2.23. The first-order valence-electron chi connectivity index (χ1n) is 8.28. The number of nitrogens with one attached hydrogen (secondary N) is 1. The van der Waals surface area contributed by atoms with E-state index in [-0.39, 0.29) is 0 Å². The maximum Gasteiger partial charge on any atom is 0.119 e. The molecule has 0 bridgehead atoms. The summed E-state index contributed by atoms with van der Waals surface area (Å²) in [6.07, 6.45) is 1.74. The number of hydrogen-bond acceptors (Lipinski definition) is 3. The molecule has 0 amide bonds. The number of ether oxygens (including phenoxy) is 1. The average molecular weight is 511 g/mol.